The van der Waals surface area contributed by atoms with Crippen LogP contribution in [-0.4, -0.2) is 5.97 Å². The molecule has 0 spiro atoms. The summed E-state index contributed by atoms with van der Waals surface area (Å²) in [4.78, 5) is 23.4. The summed E-state index contributed by atoms with van der Waals surface area (Å²) in [5.74, 6) is 0.426. The Morgan fingerprint density at radius 2 is 2.14 bits per heavy atom. The molecule has 0 saturated heterocycles. The van der Waals surface area contributed by atoms with Gasteiger partial charge >= 0.3 is 35.5 Å². The molecule has 4 nitrogen and oxygen atoms in total. The molecule has 1 aromatic carbocycles. The van der Waals surface area contributed by atoms with Crippen LogP contribution in [0.15, 0.2) is 39.6 Å². The number of ether oxygens (including phenoxy) is 1. The van der Waals surface area contributed by atoms with Gasteiger partial charge in [0.15, 0.2) is 16.8 Å². The number of fused-ring (bicyclic) bond motifs is 1. The van der Waals surface area contributed by atoms with E-state index in [2.05, 4.69) is 6.08 Å². The third-order valence-corrected chi connectivity index (χ3v) is 3.58. The second kappa shape index (κ2) is 7.27. The van der Waals surface area contributed by atoms with E-state index in [-0.39, 0.29) is 42.2 Å². The maximum Gasteiger partial charge on any atom is 1.00 e. The van der Waals surface area contributed by atoms with Crippen molar-refractivity contribution in [1.82, 2.24) is 0 Å². The summed E-state index contributed by atoms with van der Waals surface area (Å²) >= 11 is 0. The number of esters is 1. The molecule has 0 saturated carbocycles. The maximum atomic E-state index is 12.3. The smallest absolute Gasteiger partial charge is 1.00 e. The third kappa shape index (κ3) is 3.51. The summed E-state index contributed by atoms with van der Waals surface area (Å²) in [6.07, 6.45) is 6.29. The minimum Gasteiger partial charge on any atom is -1.00 e. The van der Waals surface area contributed by atoms with Gasteiger partial charge in [0.25, 0.3) is 0 Å². The van der Waals surface area contributed by atoms with Crippen LogP contribution in [0.1, 0.15) is 39.8 Å². The van der Waals surface area contributed by atoms with Crippen molar-refractivity contribution in [2.24, 2.45) is 0 Å². The average Bonchev–Trinajstić information content (AvgIpc) is 2.48. The molecule has 22 heavy (non-hydrogen) atoms. The van der Waals surface area contributed by atoms with Gasteiger partial charge in [-0.15, -0.1) is 0 Å². The van der Waals surface area contributed by atoms with Crippen LogP contribution in [-0.2, 0) is 4.79 Å². The van der Waals surface area contributed by atoms with Crippen molar-refractivity contribution >= 4 is 22.5 Å². The fourth-order valence-electron chi connectivity index (χ4n) is 2.61. The molecule has 1 aromatic heterocycles. The van der Waals surface area contributed by atoms with Crippen molar-refractivity contribution in [3.63, 3.8) is 0 Å². The van der Waals surface area contributed by atoms with E-state index >= 15 is 0 Å². The number of hydrogen-bond donors (Lipinski definition) is 0. The number of benzene rings is 1. The molecule has 0 radical (unpaired) electrons. The molecule has 0 fully saturated rings. The molecule has 0 amide bonds. The van der Waals surface area contributed by atoms with Gasteiger partial charge in [-0.25, -0.2) is 0 Å². The fourth-order valence-corrected chi connectivity index (χ4v) is 2.61. The molecule has 0 atom stereocenters. The quantitative estimate of drug-likeness (QED) is 0.468. The SMILES string of the molecule is CC(=O)Oc1cccc2c(=O)cc(C3=CCCCC3)oc12.[H-].[Na+]. The molecule has 3 rings (SSSR count). The summed E-state index contributed by atoms with van der Waals surface area (Å²) in [6, 6.07) is 6.51. The molecule has 0 aliphatic heterocycles. The number of allylic oxidation sites excluding steroid dienone is 2. The van der Waals surface area contributed by atoms with Gasteiger partial charge in [0.1, 0.15) is 5.76 Å². The van der Waals surface area contributed by atoms with Crippen LogP contribution >= 0.6 is 0 Å². The Hall–Kier alpha value is -1.36. The minimum atomic E-state index is -0.438. The monoisotopic (exact) mass is 308 g/mol. The molecule has 5 heteroatoms. The van der Waals surface area contributed by atoms with E-state index < -0.39 is 5.97 Å². The Balaban J connectivity index is 0.00000132. The second-order valence-electron chi connectivity index (χ2n) is 5.18. The number of rotatable bonds is 2. The van der Waals surface area contributed by atoms with Gasteiger partial charge in [-0.3, -0.25) is 9.59 Å². The van der Waals surface area contributed by atoms with Crippen molar-refractivity contribution in [2.75, 3.05) is 0 Å². The van der Waals surface area contributed by atoms with Crippen LogP contribution in [0, 0.1) is 0 Å². The number of carbonyl (C=O) groups is 1. The summed E-state index contributed by atoms with van der Waals surface area (Å²) < 4.78 is 11.0. The molecular weight excluding hydrogens is 291 g/mol. The summed E-state index contributed by atoms with van der Waals surface area (Å²) in [6.45, 7) is 1.32. The summed E-state index contributed by atoms with van der Waals surface area (Å²) in [5, 5.41) is 0.425. The van der Waals surface area contributed by atoms with Crippen molar-refractivity contribution < 1.29 is 44.9 Å². The number of para-hydroxylation sites is 1. The zero-order valence-corrected chi connectivity index (χ0v) is 14.8. The van der Waals surface area contributed by atoms with Gasteiger partial charge in [0.2, 0.25) is 0 Å². The first kappa shape index (κ1) is 17.0. The standard InChI is InChI=1S/C17H16O4.Na.H/c1-11(18)20-15-9-5-8-13-14(19)10-16(21-17(13)15)12-6-3-2-4-7-12;;/h5-6,8-10H,2-4,7H2,1H3;;/q;+1;-1. The zero-order chi connectivity index (χ0) is 14.8. The topological polar surface area (TPSA) is 56.5 Å². The van der Waals surface area contributed by atoms with Crippen LogP contribution in [0.25, 0.3) is 16.5 Å². The van der Waals surface area contributed by atoms with Crippen LogP contribution in [0.4, 0.5) is 0 Å². The zero-order valence-electron chi connectivity index (χ0n) is 13.8. The Morgan fingerprint density at radius 3 is 2.82 bits per heavy atom. The Bertz CT molecular complexity index is 795. The van der Waals surface area contributed by atoms with Crippen molar-refractivity contribution in [2.45, 2.75) is 32.6 Å². The molecule has 0 unspecified atom stereocenters. The molecular formula is C17H17NaO4. The normalized spacial score (nSPS) is 14.1. The first-order valence-electron chi connectivity index (χ1n) is 7.10. The van der Waals surface area contributed by atoms with Crippen molar-refractivity contribution in [1.29, 1.82) is 0 Å². The second-order valence-corrected chi connectivity index (χ2v) is 5.18. The fraction of sp³-hybridized carbons (Fsp3) is 0.294. The number of hydrogen-bond acceptors (Lipinski definition) is 4. The molecule has 1 heterocycles. The van der Waals surface area contributed by atoms with E-state index in [0.717, 1.165) is 24.8 Å². The Morgan fingerprint density at radius 1 is 1.32 bits per heavy atom. The average molecular weight is 308 g/mol. The predicted molar refractivity (Wildman–Crippen MR) is 81.4 cm³/mol. The largest absolute Gasteiger partial charge is 1.00 e. The van der Waals surface area contributed by atoms with E-state index in [1.54, 1.807) is 18.2 Å². The van der Waals surface area contributed by atoms with Gasteiger partial charge in [0.05, 0.1) is 5.39 Å². The number of carbonyl (C=O) groups excluding carboxylic acids is 1. The van der Waals surface area contributed by atoms with E-state index in [1.807, 2.05) is 0 Å². The van der Waals surface area contributed by atoms with Gasteiger partial charge < -0.3 is 10.6 Å². The molecule has 2 aromatic rings. The molecule has 0 bridgehead atoms. The minimum absolute atomic E-state index is 0. The van der Waals surface area contributed by atoms with Crippen LogP contribution in [0.5, 0.6) is 5.75 Å². The molecule has 1 aliphatic carbocycles. The Labute approximate surface area is 151 Å². The summed E-state index contributed by atoms with van der Waals surface area (Å²) in [5.41, 5.74) is 1.27. The molecule has 1 aliphatic rings. The van der Waals surface area contributed by atoms with Gasteiger partial charge in [-0.1, -0.05) is 12.1 Å². The van der Waals surface area contributed by atoms with E-state index in [0.29, 0.717) is 16.7 Å². The van der Waals surface area contributed by atoms with Crippen LogP contribution < -0.4 is 39.7 Å². The van der Waals surface area contributed by atoms with Gasteiger partial charge in [-0.05, 0) is 43.4 Å². The molecule has 110 valence electrons. The Kier molecular flexibility index (Phi) is 5.62. The first-order chi connectivity index (χ1) is 10.1. The van der Waals surface area contributed by atoms with E-state index in [9.17, 15) is 9.59 Å². The van der Waals surface area contributed by atoms with Crippen LogP contribution in [0.2, 0.25) is 0 Å². The maximum absolute atomic E-state index is 12.3. The third-order valence-electron chi connectivity index (χ3n) is 3.58. The van der Waals surface area contributed by atoms with Gasteiger partial charge in [-0.2, -0.15) is 0 Å². The van der Waals surface area contributed by atoms with Crippen LogP contribution in [0.3, 0.4) is 0 Å². The predicted octanol–water partition coefficient (Wildman–Crippen LogP) is 0.792. The van der Waals surface area contributed by atoms with Crippen molar-refractivity contribution in [3.05, 3.63) is 46.3 Å². The van der Waals surface area contributed by atoms with Crippen molar-refractivity contribution in [3.8, 4) is 5.75 Å². The molecule has 0 N–H and O–H groups in total. The van der Waals surface area contributed by atoms with E-state index in [4.69, 9.17) is 9.15 Å². The van der Waals surface area contributed by atoms with Gasteiger partial charge in [0, 0.05) is 13.0 Å². The van der Waals surface area contributed by atoms with E-state index in [1.165, 1.54) is 19.4 Å². The first-order valence-corrected chi connectivity index (χ1v) is 7.10. The summed E-state index contributed by atoms with van der Waals surface area (Å²) in [7, 11) is 0.